The molecule has 0 saturated heterocycles. The van der Waals surface area contributed by atoms with Gasteiger partial charge < -0.3 is 4.74 Å². The zero-order chi connectivity index (χ0) is 9.56. The van der Waals surface area contributed by atoms with Gasteiger partial charge in [0.05, 0.1) is 7.11 Å². The van der Waals surface area contributed by atoms with Crippen LogP contribution in [0, 0.1) is 24.5 Å². The number of rotatable bonds is 1. The molecule has 0 radical (unpaired) electrons. The largest absolute Gasteiger partial charge is 0.544 e. The maximum Gasteiger partial charge on any atom is 0.544 e. The topological polar surface area (TPSA) is 58.8 Å². The van der Waals surface area contributed by atoms with E-state index in [0.29, 0.717) is 0 Å². The van der Waals surface area contributed by atoms with Crippen LogP contribution in [0.25, 0.3) is 9.69 Å². The third-order valence-electron chi connectivity index (χ3n) is 0.937. The molecule has 0 aliphatic carbocycles. The number of hydrogen-bond acceptors (Lipinski definition) is 3. The maximum atomic E-state index is 10.7. The number of hydrogen-bond donors (Lipinski definition) is 0. The minimum Gasteiger partial charge on any atom is -0.466 e. The summed E-state index contributed by atoms with van der Waals surface area (Å²) in [6.07, 6.45) is 0. The second kappa shape index (κ2) is 4.49. The highest BCUT2D eigenvalue weighted by molar-refractivity contribution is 5.94. The van der Waals surface area contributed by atoms with E-state index in [9.17, 15) is 4.79 Å². The molecule has 0 rings (SSSR count). The van der Waals surface area contributed by atoms with Gasteiger partial charge in [0, 0.05) is 0 Å². The van der Waals surface area contributed by atoms with E-state index in [2.05, 4.69) is 14.4 Å². The van der Waals surface area contributed by atoms with Gasteiger partial charge in [0.15, 0.2) is 0 Å². The molecule has 0 fully saturated rings. The molecule has 5 heteroatoms. The Kier molecular flexibility index (Phi) is 3.62. The molecule has 0 saturated carbocycles. The summed E-state index contributed by atoms with van der Waals surface area (Å²) in [6.45, 7) is 12.9. The summed E-state index contributed by atoms with van der Waals surface area (Å²) >= 11 is 0. The number of nitrogens with zero attached hydrogens (tertiary/aromatic N) is 3. The Morgan fingerprint density at radius 1 is 1.50 bits per heavy atom. The van der Waals surface area contributed by atoms with Gasteiger partial charge in [0.2, 0.25) is 5.57 Å². The fourth-order valence-corrected chi connectivity index (χ4v) is 0.426. The first-order valence-electron chi connectivity index (χ1n) is 2.68. The Labute approximate surface area is 69.1 Å². The molecular weight excluding hydrogens is 158 g/mol. The van der Waals surface area contributed by atoms with E-state index in [1.807, 2.05) is 0 Å². The molecule has 0 aromatic heterocycles. The van der Waals surface area contributed by atoms with Gasteiger partial charge >= 0.3 is 11.8 Å². The van der Waals surface area contributed by atoms with Crippen molar-refractivity contribution in [1.29, 1.82) is 5.26 Å². The standard InChI is InChI=1S/C7H3N3O2/c1-9-6(10-2)5(4-8)7(11)12-3/h3H3. The summed E-state index contributed by atoms with van der Waals surface area (Å²) in [6, 6.07) is 1.43. The zero-order valence-corrected chi connectivity index (χ0v) is 6.16. The second-order valence-electron chi connectivity index (χ2n) is 1.53. The predicted octanol–water partition coefficient (Wildman–Crippen LogP) is 0.733. The fourth-order valence-electron chi connectivity index (χ4n) is 0.426. The van der Waals surface area contributed by atoms with Crippen LogP contribution < -0.4 is 0 Å². The minimum absolute atomic E-state index is 0.553. The predicted molar refractivity (Wildman–Crippen MR) is 37.9 cm³/mol. The summed E-state index contributed by atoms with van der Waals surface area (Å²) < 4.78 is 4.18. The van der Waals surface area contributed by atoms with Crippen LogP contribution in [-0.2, 0) is 9.53 Å². The number of ether oxygens (including phenoxy) is 1. The first-order chi connectivity index (χ1) is 5.71. The normalized spacial score (nSPS) is 6.83. The van der Waals surface area contributed by atoms with Gasteiger partial charge in [-0.3, -0.25) is 0 Å². The molecule has 0 unspecified atom stereocenters. The summed E-state index contributed by atoms with van der Waals surface area (Å²) in [4.78, 5) is 16.1. The van der Waals surface area contributed by atoms with Crippen molar-refractivity contribution < 1.29 is 9.53 Å². The molecule has 0 aromatic rings. The molecule has 0 aromatic carbocycles. The molecule has 0 amide bonds. The molecule has 5 nitrogen and oxygen atoms in total. The number of esters is 1. The first-order valence-corrected chi connectivity index (χ1v) is 2.68. The van der Waals surface area contributed by atoms with Crippen molar-refractivity contribution >= 4 is 5.97 Å². The molecule has 0 aliphatic heterocycles. The van der Waals surface area contributed by atoms with Gasteiger partial charge in [0.25, 0.3) is 0 Å². The molecule has 58 valence electrons. The fraction of sp³-hybridized carbons (Fsp3) is 0.143. The Bertz CT molecular complexity index is 332. The monoisotopic (exact) mass is 161 g/mol. The average molecular weight is 161 g/mol. The highest BCUT2D eigenvalue weighted by Crippen LogP contribution is 2.08. The van der Waals surface area contributed by atoms with E-state index in [-0.39, 0.29) is 0 Å². The zero-order valence-electron chi connectivity index (χ0n) is 6.16. The molecule has 0 bridgehead atoms. The lowest BCUT2D eigenvalue weighted by molar-refractivity contribution is -0.135. The van der Waals surface area contributed by atoms with Gasteiger partial charge in [0.1, 0.15) is 19.2 Å². The number of carbonyl (C=O) groups excluding carboxylic acids is 1. The minimum atomic E-state index is -0.959. The van der Waals surface area contributed by atoms with E-state index < -0.39 is 17.4 Å². The van der Waals surface area contributed by atoms with E-state index in [1.165, 1.54) is 6.07 Å². The molecular formula is C7H3N3O2. The van der Waals surface area contributed by atoms with Crippen LogP contribution in [0.5, 0.6) is 0 Å². The van der Waals surface area contributed by atoms with Crippen LogP contribution in [-0.4, -0.2) is 13.1 Å². The lowest BCUT2D eigenvalue weighted by atomic mass is 10.3. The second-order valence-corrected chi connectivity index (χ2v) is 1.53. The van der Waals surface area contributed by atoms with Crippen LogP contribution in [0.15, 0.2) is 11.4 Å². The molecule has 0 spiro atoms. The third kappa shape index (κ3) is 1.83. The Morgan fingerprint density at radius 3 is 2.25 bits per heavy atom. The van der Waals surface area contributed by atoms with Gasteiger partial charge in [-0.2, -0.15) is 15.0 Å². The summed E-state index contributed by atoms with van der Waals surface area (Å²) in [7, 11) is 1.07. The maximum absolute atomic E-state index is 10.7. The highest BCUT2D eigenvalue weighted by Gasteiger charge is 2.22. The van der Waals surface area contributed by atoms with Crippen molar-refractivity contribution in [2.24, 2.45) is 0 Å². The van der Waals surface area contributed by atoms with Crippen molar-refractivity contribution in [1.82, 2.24) is 0 Å². The van der Waals surface area contributed by atoms with E-state index >= 15 is 0 Å². The lowest BCUT2D eigenvalue weighted by Crippen LogP contribution is -2.04. The van der Waals surface area contributed by atoms with Gasteiger partial charge in [-0.1, -0.05) is 0 Å². The Balaban J connectivity index is 5.22. The van der Waals surface area contributed by atoms with Crippen LogP contribution in [0.1, 0.15) is 0 Å². The van der Waals surface area contributed by atoms with E-state index in [0.717, 1.165) is 7.11 Å². The van der Waals surface area contributed by atoms with Crippen molar-refractivity contribution in [2.45, 2.75) is 0 Å². The number of methoxy groups -OCH3 is 1. The van der Waals surface area contributed by atoms with Crippen molar-refractivity contribution in [2.75, 3.05) is 7.11 Å². The highest BCUT2D eigenvalue weighted by atomic mass is 16.5. The smallest absolute Gasteiger partial charge is 0.466 e. The molecule has 0 atom stereocenters. The van der Waals surface area contributed by atoms with E-state index in [1.54, 1.807) is 0 Å². The van der Waals surface area contributed by atoms with Gasteiger partial charge in [-0.25, -0.2) is 4.79 Å². The quantitative estimate of drug-likeness (QED) is 0.246. The Morgan fingerprint density at radius 2 is 2.00 bits per heavy atom. The van der Waals surface area contributed by atoms with Crippen LogP contribution in [0.2, 0.25) is 0 Å². The van der Waals surface area contributed by atoms with Crippen molar-refractivity contribution in [3.8, 4) is 6.07 Å². The third-order valence-corrected chi connectivity index (χ3v) is 0.937. The lowest BCUT2D eigenvalue weighted by Gasteiger charge is -1.90. The SMILES string of the molecule is [C-]#[N+]C([N+]#[C-])=C(C#N)C(=O)OC. The average Bonchev–Trinajstić information content (AvgIpc) is 2.12. The van der Waals surface area contributed by atoms with Crippen LogP contribution >= 0.6 is 0 Å². The van der Waals surface area contributed by atoms with Crippen LogP contribution in [0.3, 0.4) is 0 Å². The van der Waals surface area contributed by atoms with Crippen LogP contribution in [0.4, 0.5) is 0 Å². The molecule has 0 N–H and O–H groups in total. The first kappa shape index (κ1) is 9.68. The summed E-state index contributed by atoms with van der Waals surface area (Å²) in [5, 5.41) is 8.36. The van der Waals surface area contributed by atoms with Crippen molar-refractivity contribution in [3.05, 3.63) is 34.2 Å². The molecule has 0 aliphatic rings. The van der Waals surface area contributed by atoms with Gasteiger partial charge in [-0.05, 0) is 0 Å². The van der Waals surface area contributed by atoms with E-state index in [4.69, 9.17) is 18.4 Å². The molecule has 0 heterocycles. The molecule has 12 heavy (non-hydrogen) atoms. The summed E-state index contributed by atoms with van der Waals surface area (Å²) in [5.41, 5.74) is -0.553. The Hall–Kier alpha value is -2.32. The number of nitriles is 1. The van der Waals surface area contributed by atoms with Gasteiger partial charge in [-0.15, -0.1) is 0 Å². The number of carbonyl (C=O) groups is 1. The summed E-state index contributed by atoms with van der Waals surface area (Å²) in [5.74, 6) is -1.52. The van der Waals surface area contributed by atoms with Crippen molar-refractivity contribution in [3.63, 3.8) is 0 Å².